The van der Waals surface area contributed by atoms with Crippen LogP contribution in [0.15, 0.2) is 9.42 Å². The molecule has 0 aromatic carbocycles. The highest BCUT2D eigenvalue weighted by Gasteiger charge is 2.16. The summed E-state index contributed by atoms with van der Waals surface area (Å²) in [5.41, 5.74) is 5.80. The van der Waals surface area contributed by atoms with E-state index in [0.29, 0.717) is 10.6 Å². The number of nitrogens with two attached hydrogens (primary N) is 1. The van der Waals surface area contributed by atoms with Gasteiger partial charge in [0.25, 0.3) is 0 Å². The molecule has 1 unspecified atom stereocenters. The fraction of sp³-hybridized carbons (Fsp3) is 0.400. The molecule has 0 aliphatic carbocycles. The molecule has 6 heteroatoms. The number of rotatable bonds is 2. The average molecular weight is 176 g/mol. The van der Waals surface area contributed by atoms with Crippen molar-refractivity contribution in [1.82, 2.24) is 5.16 Å². The summed E-state index contributed by atoms with van der Waals surface area (Å²) in [4.78, 5) is 0.313. The molecule has 0 saturated carbocycles. The second kappa shape index (κ2) is 3.02. The normalized spacial score (nSPS) is 13.3. The highest BCUT2D eigenvalue weighted by atomic mass is 32.2. The highest BCUT2D eigenvalue weighted by Crippen LogP contribution is 2.19. The van der Waals surface area contributed by atoms with E-state index in [2.05, 4.69) is 13.9 Å². The zero-order valence-electron chi connectivity index (χ0n) is 6.16. The van der Waals surface area contributed by atoms with E-state index in [0.717, 1.165) is 0 Å². The lowest BCUT2D eigenvalue weighted by atomic mass is 10.5. The Morgan fingerprint density at radius 3 is 2.73 bits per heavy atom. The molecule has 0 saturated heterocycles. The van der Waals surface area contributed by atoms with Crippen molar-refractivity contribution in [3.8, 4) is 0 Å². The molecule has 11 heavy (non-hydrogen) atoms. The van der Waals surface area contributed by atoms with Crippen molar-refractivity contribution >= 4 is 17.0 Å². The van der Waals surface area contributed by atoms with Crippen LogP contribution in [0.5, 0.6) is 0 Å². The molecular formula is C5H8N2O3S. The molecule has 2 N–H and O–H groups in total. The molecule has 0 aliphatic heterocycles. The first-order chi connectivity index (χ1) is 5.16. The van der Waals surface area contributed by atoms with Crippen LogP contribution in [0.25, 0.3) is 0 Å². The zero-order valence-corrected chi connectivity index (χ0v) is 6.97. The van der Waals surface area contributed by atoms with E-state index in [1.807, 2.05) is 0 Å². The van der Waals surface area contributed by atoms with E-state index < -0.39 is 11.1 Å². The third-order valence-corrected chi connectivity index (χ3v) is 2.28. The van der Waals surface area contributed by atoms with Gasteiger partial charge >= 0.3 is 0 Å². The summed E-state index contributed by atoms with van der Waals surface area (Å²) >= 11 is -1.56. The monoisotopic (exact) mass is 176 g/mol. The molecule has 1 aromatic heterocycles. The van der Waals surface area contributed by atoms with Gasteiger partial charge in [0.15, 0.2) is 16.0 Å². The Hall–Kier alpha value is -0.880. The Kier molecular flexibility index (Phi) is 2.25. The summed E-state index contributed by atoms with van der Waals surface area (Å²) in [6.45, 7) is 1.64. The van der Waals surface area contributed by atoms with Gasteiger partial charge in [0.1, 0.15) is 5.69 Å². The second-order valence-electron chi connectivity index (χ2n) is 1.86. The van der Waals surface area contributed by atoms with Gasteiger partial charge < -0.3 is 10.3 Å². The van der Waals surface area contributed by atoms with Gasteiger partial charge in [-0.25, -0.2) is 4.21 Å². The van der Waals surface area contributed by atoms with Crippen LogP contribution in [-0.4, -0.2) is 16.5 Å². The molecule has 1 atom stereocenters. The number of anilines is 1. The quantitative estimate of drug-likeness (QED) is 0.698. The van der Waals surface area contributed by atoms with Gasteiger partial charge in [-0.2, -0.15) is 0 Å². The van der Waals surface area contributed by atoms with Gasteiger partial charge in [-0.05, 0) is 6.92 Å². The lowest BCUT2D eigenvalue weighted by Crippen LogP contribution is -1.97. The van der Waals surface area contributed by atoms with Crippen molar-refractivity contribution in [2.75, 3.05) is 12.8 Å². The number of nitrogens with zero attached hydrogens (tertiary/aromatic N) is 1. The number of aryl methyl sites for hydroxylation is 1. The minimum Gasteiger partial charge on any atom is -0.366 e. The van der Waals surface area contributed by atoms with Crippen molar-refractivity contribution in [3.05, 3.63) is 5.69 Å². The molecule has 0 aliphatic rings. The average Bonchev–Trinajstić information content (AvgIpc) is 2.30. The molecule has 0 spiro atoms. The Labute approximate surface area is 66.2 Å². The number of hydrogen-bond donors (Lipinski definition) is 1. The number of aromatic nitrogens is 1. The Morgan fingerprint density at radius 1 is 1.73 bits per heavy atom. The van der Waals surface area contributed by atoms with E-state index in [1.165, 1.54) is 7.11 Å². The van der Waals surface area contributed by atoms with Gasteiger partial charge in [0, 0.05) is 0 Å². The summed E-state index contributed by atoms with van der Waals surface area (Å²) in [5, 5.41) is 3.51. The van der Waals surface area contributed by atoms with Gasteiger partial charge in [0.05, 0.1) is 7.11 Å². The molecular weight excluding hydrogens is 168 g/mol. The SMILES string of the molecule is COS(=O)c1c(C)noc1N. The third-order valence-electron chi connectivity index (χ3n) is 1.15. The minimum absolute atomic E-state index is 0.0442. The molecule has 0 fully saturated rings. The first-order valence-electron chi connectivity index (χ1n) is 2.84. The molecule has 5 nitrogen and oxygen atoms in total. The molecule has 1 rings (SSSR count). The predicted octanol–water partition coefficient (Wildman–Crippen LogP) is 0.234. The summed E-state index contributed by atoms with van der Waals surface area (Å²) in [5.74, 6) is 0.0442. The maximum absolute atomic E-state index is 11.0. The van der Waals surface area contributed by atoms with Crippen LogP contribution in [0.2, 0.25) is 0 Å². The van der Waals surface area contributed by atoms with Crippen LogP contribution in [0, 0.1) is 6.92 Å². The molecule has 0 bridgehead atoms. The smallest absolute Gasteiger partial charge is 0.241 e. The van der Waals surface area contributed by atoms with E-state index >= 15 is 0 Å². The van der Waals surface area contributed by atoms with Crippen LogP contribution < -0.4 is 5.73 Å². The van der Waals surface area contributed by atoms with Crippen molar-refractivity contribution in [2.45, 2.75) is 11.8 Å². The van der Waals surface area contributed by atoms with Gasteiger partial charge in [-0.3, -0.25) is 4.18 Å². The van der Waals surface area contributed by atoms with E-state index in [1.54, 1.807) is 6.92 Å². The maximum Gasteiger partial charge on any atom is 0.241 e. The number of nitrogen functional groups attached to an aromatic ring is 1. The molecule has 1 aromatic rings. The summed E-state index contributed by atoms with van der Waals surface area (Å²) < 4.78 is 20.1. The van der Waals surface area contributed by atoms with Crippen molar-refractivity contribution in [1.29, 1.82) is 0 Å². The zero-order chi connectivity index (χ0) is 8.43. The van der Waals surface area contributed by atoms with E-state index in [4.69, 9.17) is 5.73 Å². The Bertz CT molecular complexity index is 264. The Balaban J connectivity index is 3.10. The summed E-state index contributed by atoms with van der Waals surface area (Å²) in [6.07, 6.45) is 0. The largest absolute Gasteiger partial charge is 0.366 e. The maximum atomic E-state index is 11.0. The van der Waals surface area contributed by atoms with Crippen LogP contribution in [0.4, 0.5) is 5.88 Å². The lowest BCUT2D eigenvalue weighted by molar-refractivity contribution is 0.429. The van der Waals surface area contributed by atoms with Crippen molar-refractivity contribution < 1.29 is 12.9 Å². The van der Waals surface area contributed by atoms with Crippen LogP contribution in [-0.2, 0) is 15.3 Å². The van der Waals surface area contributed by atoms with Crippen LogP contribution in [0.1, 0.15) is 5.69 Å². The topological polar surface area (TPSA) is 78.3 Å². The molecule has 62 valence electrons. The first kappa shape index (κ1) is 8.22. The van der Waals surface area contributed by atoms with Gasteiger partial charge in [0.2, 0.25) is 5.88 Å². The molecule has 0 radical (unpaired) electrons. The van der Waals surface area contributed by atoms with Crippen molar-refractivity contribution in [3.63, 3.8) is 0 Å². The minimum atomic E-state index is -1.56. The van der Waals surface area contributed by atoms with Crippen molar-refractivity contribution in [2.24, 2.45) is 0 Å². The summed E-state index contributed by atoms with van der Waals surface area (Å²) in [7, 11) is 1.32. The third kappa shape index (κ3) is 1.41. The fourth-order valence-electron chi connectivity index (χ4n) is 0.665. The fourth-order valence-corrected chi connectivity index (χ4v) is 1.31. The van der Waals surface area contributed by atoms with Crippen LogP contribution >= 0.6 is 0 Å². The van der Waals surface area contributed by atoms with Crippen LogP contribution in [0.3, 0.4) is 0 Å². The summed E-state index contributed by atoms with van der Waals surface area (Å²) in [6, 6.07) is 0. The molecule has 0 amide bonds. The first-order valence-corrected chi connectivity index (χ1v) is 3.92. The Morgan fingerprint density at radius 2 is 2.36 bits per heavy atom. The lowest BCUT2D eigenvalue weighted by Gasteiger charge is -1.94. The second-order valence-corrected chi connectivity index (χ2v) is 3.07. The van der Waals surface area contributed by atoms with E-state index in [9.17, 15) is 4.21 Å². The highest BCUT2D eigenvalue weighted by molar-refractivity contribution is 7.80. The standard InChI is InChI=1S/C5H8N2O3S/c1-3-4(11(8)9-2)5(6)10-7-3/h6H2,1-2H3. The molecule has 1 heterocycles. The predicted molar refractivity (Wildman–Crippen MR) is 39.1 cm³/mol. The van der Waals surface area contributed by atoms with E-state index in [-0.39, 0.29) is 5.88 Å². The van der Waals surface area contributed by atoms with Gasteiger partial charge in [-0.15, -0.1) is 0 Å². The number of hydrogen-bond acceptors (Lipinski definition) is 5. The van der Waals surface area contributed by atoms with Gasteiger partial charge in [-0.1, -0.05) is 5.16 Å².